The fourth-order valence-corrected chi connectivity index (χ4v) is 3.39. The van der Waals surface area contributed by atoms with E-state index in [0.29, 0.717) is 15.1 Å². The molecular formula is C16H14FN3O4S. The van der Waals surface area contributed by atoms with Crippen molar-refractivity contribution in [2.75, 3.05) is 0 Å². The van der Waals surface area contributed by atoms with Crippen LogP contribution in [0.15, 0.2) is 30.6 Å². The minimum Gasteiger partial charge on any atom is -0.434 e. The van der Waals surface area contributed by atoms with Gasteiger partial charge in [0.15, 0.2) is 11.6 Å². The maximum absolute atomic E-state index is 14.0. The van der Waals surface area contributed by atoms with Crippen molar-refractivity contribution in [1.29, 1.82) is 0 Å². The van der Waals surface area contributed by atoms with Crippen LogP contribution < -0.4 is 4.74 Å². The summed E-state index contributed by atoms with van der Waals surface area (Å²) in [5.74, 6) is -0.882. The Hall–Kier alpha value is -2.65. The topological polar surface area (TPSA) is 98.4 Å². The van der Waals surface area contributed by atoms with Crippen LogP contribution in [0.4, 0.5) is 10.1 Å². The zero-order valence-electron chi connectivity index (χ0n) is 13.3. The number of ether oxygens (including phenoxy) is 1. The highest BCUT2D eigenvalue weighted by atomic mass is 32.1. The Bertz CT molecular complexity index is 944. The number of aliphatic hydroxyl groups is 1. The highest BCUT2D eigenvalue weighted by Crippen LogP contribution is 2.38. The molecule has 3 aromatic rings. The maximum Gasteiger partial charge on any atom is 0.272 e. The van der Waals surface area contributed by atoms with Gasteiger partial charge in [-0.1, -0.05) is 13.8 Å². The van der Waals surface area contributed by atoms with Crippen LogP contribution in [-0.2, 0) is 0 Å². The zero-order valence-corrected chi connectivity index (χ0v) is 14.2. The molecule has 0 amide bonds. The highest BCUT2D eigenvalue weighted by Gasteiger charge is 2.19. The lowest BCUT2D eigenvalue weighted by molar-refractivity contribution is -0.385. The van der Waals surface area contributed by atoms with E-state index in [2.05, 4.69) is 9.97 Å². The van der Waals surface area contributed by atoms with Gasteiger partial charge in [-0.2, -0.15) is 0 Å². The van der Waals surface area contributed by atoms with Gasteiger partial charge in [0.05, 0.1) is 22.6 Å². The number of nitro groups is 1. The van der Waals surface area contributed by atoms with E-state index in [-0.39, 0.29) is 23.2 Å². The summed E-state index contributed by atoms with van der Waals surface area (Å²) in [6, 6.07) is 4.86. The second-order valence-electron chi connectivity index (χ2n) is 5.70. The van der Waals surface area contributed by atoms with Crippen molar-refractivity contribution >= 4 is 27.2 Å². The van der Waals surface area contributed by atoms with Gasteiger partial charge in [-0.15, -0.1) is 11.3 Å². The normalized spacial score (nSPS) is 12.5. The number of non-ortho nitro benzene ring substituents is 1. The van der Waals surface area contributed by atoms with Crippen molar-refractivity contribution in [3.63, 3.8) is 0 Å². The average Bonchev–Trinajstić information content (AvgIpc) is 3.00. The minimum absolute atomic E-state index is 0.0255. The van der Waals surface area contributed by atoms with Crippen LogP contribution in [0.3, 0.4) is 0 Å². The first-order valence-corrected chi connectivity index (χ1v) is 8.22. The van der Waals surface area contributed by atoms with Crippen molar-refractivity contribution in [3.8, 4) is 11.6 Å². The number of aliphatic hydroxyl groups excluding tert-OH is 1. The fourth-order valence-electron chi connectivity index (χ4n) is 2.19. The van der Waals surface area contributed by atoms with E-state index in [1.54, 1.807) is 6.07 Å². The summed E-state index contributed by atoms with van der Waals surface area (Å²) in [7, 11) is 0. The van der Waals surface area contributed by atoms with Crippen molar-refractivity contribution < 1.29 is 19.2 Å². The number of hydrogen-bond donors (Lipinski definition) is 1. The predicted molar refractivity (Wildman–Crippen MR) is 90.3 cm³/mol. The van der Waals surface area contributed by atoms with E-state index in [0.717, 1.165) is 12.1 Å². The quantitative estimate of drug-likeness (QED) is 0.538. The van der Waals surface area contributed by atoms with Gasteiger partial charge in [0, 0.05) is 10.9 Å². The summed E-state index contributed by atoms with van der Waals surface area (Å²) in [5.41, 5.74) is 0.211. The molecule has 0 aliphatic carbocycles. The summed E-state index contributed by atoms with van der Waals surface area (Å²) < 4.78 is 20.1. The number of hydrogen-bond acceptors (Lipinski definition) is 7. The van der Waals surface area contributed by atoms with Crippen LogP contribution in [0.1, 0.15) is 24.8 Å². The number of nitrogens with zero attached hydrogens (tertiary/aromatic N) is 3. The molecule has 0 saturated heterocycles. The van der Waals surface area contributed by atoms with Gasteiger partial charge in [0.1, 0.15) is 11.0 Å². The molecule has 0 aliphatic heterocycles. The van der Waals surface area contributed by atoms with E-state index >= 15 is 0 Å². The highest BCUT2D eigenvalue weighted by molar-refractivity contribution is 7.19. The summed E-state index contributed by atoms with van der Waals surface area (Å²) in [6.07, 6.45) is 0.627. The Morgan fingerprint density at radius 3 is 2.72 bits per heavy atom. The van der Waals surface area contributed by atoms with Gasteiger partial charge in [-0.05, 0) is 18.1 Å². The third-order valence-corrected chi connectivity index (χ3v) is 4.74. The Kier molecular flexibility index (Phi) is 4.60. The van der Waals surface area contributed by atoms with Crippen LogP contribution in [0.5, 0.6) is 11.6 Å². The standard InChI is InChI=1S/C16H14FN3O4S/c1-8(2)14(21)13-6-11-15(25-13)16(19-7-18-11)24-12-4-3-9(20(22)23)5-10(12)17/h3-8,14,21H,1-2H3. The Labute approximate surface area is 145 Å². The molecule has 0 fully saturated rings. The zero-order chi connectivity index (χ0) is 18.1. The lowest BCUT2D eigenvalue weighted by Gasteiger charge is -2.11. The molecule has 130 valence electrons. The fraction of sp³-hybridized carbons (Fsp3) is 0.250. The third kappa shape index (κ3) is 3.42. The van der Waals surface area contributed by atoms with E-state index in [1.165, 1.54) is 23.7 Å². The Morgan fingerprint density at radius 1 is 1.32 bits per heavy atom. The second kappa shape index (κ2) is 6.69. The number of nitro benzene ring substituents is 1. The van der Waals surface area contributed by atoms with Crippen molar-refractivity contribution in [2.45, 2.75) is 20.0 Å². The van der Waals surface area contributed by atoms with Crippen LogP contribution in [0, 0.1) is 21.8 Å². The lowest BCUT2D eigenvalue weighted by Crippen LogP contribution is -2.02. The molecule has 2 aromatic heterocycles. The summed E-state index contributed by atoms with van der Waals surface area (Å²) in [6.45, 7) is 3.79. The smallest absolute Gasteiger partial charge is 0.272 e. The van der Waals surface area contributed by atoms with Crippen LogP contribution >= 0.6 is 11.3 Å². The molecule has 0 saturated carbocycles. The average molecular weight is 363 g/mol. The first-order chi connectivity index (χ1) is 11.9. The molecule has 7 nitrogen and oxygen atoms in total. The SMILES string of the molecule is CC(C)C(O)c1cc2ncnc(Oc3ccc([N+](=O)[O-])cc3F)c2s1. The number of aromatic nitrogens is 2. The monoisotopic (exact) mass is 363 g/mol. The number of fused-ring (bicyclic) bond motifs is 1. The first kappa shape index (κ1) is 17.2. The maximum atomic E-state index is 14.0. The van der Waals surface area contributed by atoms with E-state index < -0.39 is 16.8 Å². The largest absolute Gasteiger partial charge is 0.434 e. The van der Waals surface area contributed by atoms with Crippen LogP contribution in [-0.4, -0.2) is 20.0 Å². The molecular weight excluding hydrogens is 349 g/mol. The number of rotatable bonds is 5. The van der Waals surface area contributed by atoms with Gasteiger partial charge in [0.25, 0.3) is 5.69 Å². The predicted octanol–water partition coefficient (Wildman–Crippen LogP) is 4.22. The molecule has 0 aliphatic rings. The van der Waals surface area contributed by atoms with Crippen molar-refractivity contribution in [1.82, 2.24) is 9.97 Å². The molecule has 1 aromatic carbocycles. The van der Waals surface area contributed by atoms with E-state index in [1.807, 2.05) is 13.8 Å². The molecule has 0 bridgehead atoms. The molecule has 0 spiro atoms. The molecule has 1 N–H and O–H groups in total. The number of benzene rings is 1. The van der Waals surface area contributed by atoms with Gasteiger partial charge >= 0.3 is 0 Å². The summed E-state index contributed by atoms with van der Waals surface area (Å²) in [5, 5.41) is 20.9. The van der Waals surface area contributed by atoms with Gasteiger partial charge in [-0.3, -0.25) is 10.1 Å². The molecule has 9 heteroatoms. The summed E-state index contributed by atoms with van der Waals surface area (Å²) >= 11 is 1.26. The van der Waals surface area contributed by atoms with Gasteiger partial charge in [0.2, 0.25) is 5.88 Å². The van der Waals surface area contributed by atoms with E-state index in [9.17, 15) is 19.6 Å². The van der Waals surface area contributed by atoms with E-state index in [4.69, 9.17) is 4.74 Å². The summed E-state index contributed by atoms with van der Waals surface area (Å²) in [4.78, 5) is 18.8. The number of halogens is 1. The molecule has 1 atom stereocenters. The number of thiophene rings is 1. The van der Waals surface area contributed by atoms with Gasteiger partial charge < -0.3 is 9.84 Å². The minimum atomic E-state index is -0.861. The molecule has 3 rings (SSSR count). The molecule has 0 radical (unpaired) electrons. The Balaban J connectivity index is 1.98. The van der Waals surface area contributed by atoms with Crippen LogP contribution in [0.2, 0.25) is 0 Å². The first-order valence-electron chi connectivity index (χ1n) is 7.41. The molecule has 25 heavy (non-hydrogen) atoms. The third-order valence-electron chi connectivity index (χ3n) is 3.55. The molecule has 1 unspecified atom stereocenters. The molecule has 2 heterocycles. The van der Waals surface area contributed by atoms with Gasteiger partial charge in [-0.25, -0.2) is 14.4 Å². The Morgan fingerprint density at radius 2 is 2.08 bits per heavy atom. The lowest BCUT2D eigenvalue weighted by atomic mass is 10.1. The van der Waals surface area contributed by atoms with Crippen LogP contribution in [0.25, 0.3) is 10.2 Å². The van der Waals surface area contributed by atoms with Crippen molar-refractivity contribution in [2.24, 2.45) is 5.92 Å². The second-order valence-corrected chi connectivity index (χ2v) is 6.79. The van der Waals surface area contributed by atoms with Crippen molar-refractivity contribution in [3.05, 3.63) is 51.4 Å².